The fraction of sp³-hybridized carbons (Fsp3) is 0.350. The standard InChI is InChI=1S/C20H25ClN4O/c21-19-9-5-4-6-17(19)16-25-14-12-24(13-15-25)11-10-22-20(26)23-18-7-2-1-3-8-18/h1-9H,10-16H2,(H2,22,23,26)/p+2. The maximum atomic E-state index is 11.9. The zero-order chi connectivity index (χ0) is 18.2. The molecular formula is C20H27ClN4O+2. The van der Waals surface area contributed by atoms with Crippen molar-refractivity contribution in [1.82, 2.24) is 5.32 Å². The molecule has 3 rings (SSSR count). The van der Waals surface area contributed by atoms with E-state index >= 15 is 0 Å². The molecule has 0 radical (unpaired) electrons. The molecule has 0 aliphatic carbocycles. The number of urea groups is 1. The smallest absolute Gasteiger partial charge is 0.319 e. The lowest BCUT2D eigenvalue weighted by Gasteiger charge is -2.30. The summed E-state index contributed by atoms with van der Waals surface area (Å²) in [5.74, 6) is 0. The van der Waals surface area contributed by atoms with Crippen molar-refractivity contribution in [2.24, 2.45) is 0 Å². The molecule has 1 fully saturated rings. The van der Waals surface area contributed by atoms with Crippen LogP contribution in [-0.2, 0) is 6.54 Å². The van der Waals surface area contributed by atoms with Gasteiger partial charge in [-0.2, -0.15) is 0 Å². The Hall–Kier alpha value is -2.08. The summed E-state index contributed by atoms with van der Waals surface area (Å²) in [5.41, 5.74) is 2.04. The van der Waals surface area contributed by atoms with Crippen LogP contribution in [0, 0.1) is 0 Å². The van der Waals surface area contributed by atoms with E-state index in [0.29, 0.717) is 6.54 Å². The minimum atomic E-state index is -0.140. The molecular weight excluding hydrogens is 348 g/mol. The Balaban J connectivity index is 1.33. The number of nitrogens with one attached hydrogen (secondary N) is 4. The summed E-state index contributed by atoms with van der Waals surface area (Å²) in [6, 6.07) is 17.5. The third-order valence-electron chi connectivity index (χ3n) is 4.86. The second-order valence-electron chi connectivity index (χ2n) is 6.77. The van der Waals surface area contributed by atoms with Crippen molar-refractivity contribution >= 4 is 23.3 Å². The SMILES string of the molecule is O=C(NCC[NH+]1CC[NH+](Cc2ccccc2Cl)CC1)Nc1ccccc1. The first-order valence-corrected chi connectivity index (χ1v) is 9.59. The first kappa shape index (κ1) is 18.7. The molecule has 0 atom stereocenters. The van der Waals surface area contributed by atoms with Gasteiger partial charge < -0.3 is 20.4 Å². The molecule has 2 aromatic rings. The number of rotatable bonds is 6. The van der Waals surface area contributed by atoms with Crippen LogP contribution < -0.4 is 20.4 Å². The third-order valence-corrected chi connectivity index (χ3v) is 5.23. The number of hydrogen-bond donors (Lipinski definition) is 4. The molecule has 0 spiro atoms. The van der Waals surface area contributed by atoms with E-state index in [2.05, 4.69) is 16.7 Å². The zero-order valence-electron chi connectivity index (χ0n) is 14.9. The van der Waals surface area contributed by atoms with Gasteiger partial charge in [0.2, 0.25) is 0 Å². The van der Waals surface area contributed by atoms with Crippen LogP contribution in [0.4, 0.5) is 10.5 Å². The van der Waals surface area contributed by atoms with Crippen LogP contribution in [0.2, 0.25) is 5.02 Å². The van der Waals surface area contributed by atoms with E-state index in [1.54, 1.807) is 9.80 Å². The van der Waals surface area contributed by atoms with Crippen molar-refractivity contribution in [3.63, 3.8) is 0 Å². The lowest BCUT2D eigenvalue weighted by molar-refractivity contribution is -1.02. The number of hydrogen-bond acceptors (Lipinski definition) is 1. The predicted octanol–water partition coefficient (Wildman–Crippen LogP) is 0.445. The highest BCUT2D eigenvalue weighted by Gasteiger charge is 2.23. The fourth-order valence-electron chi connectivity index (χ4n) is 3.34. The molecule has 4 N–H and O–H groups in total. The summed E-state index contributed by atoms with van der Waals surface area (Å²) >= 11 is 6.26. The summed E-state index contributed by atoms with van der Waals surface area (Å²) in [5, 5.41) is 6.65. The normalized spacial score (nSPS) is 19.7. The molecule has 0 saturated carbocycles. The molecule has 1 aliphatic heterocycles. The average Bonchev–Trinajstić information content (AvgIpc) is 2.66. The number of halogens is 1. The molecule has 138 valence electrons. The van der Waals surface area contributed by atoms with Crippen molar-refractivity contribution in [1.29, 1.82) is 0 Å². The highest BCUT2D eigenvalue weighted by molar-refractivity contribution is 6.31. The Labute approximate surface area is 159 Å². The van der Waals surface area contributed by atoms with Gasteiger partial charge in [-0.1, -0.05) is 48.0 Å². The van der Waals surface area contributed by atoms with Crippen LogP contribution in [0.25, 0.3) is 0 Å². The molecule has 0 bridgehead atoms. The minimum absolute atomic E-state index is 0.140. The molecule has 2 amide bonds. The van der Waals surface area contributed by atoms with Crippen LogP contribution in [-0.4, -0.2) is 45.3 Å². The number of quaternary nitrogens is 2. The monoisotopic (exact) mass is 374 g/mol. The van der Waals surface area contributed by atoms with Crippen LogP contribution in [0.1, 0.15) is 5.56 Å². The van der Waals surface area contributed by atoms with Crippen LogP contribution in [0.5, 0.6) is 0 Å². The lowest BCUT2D eigenvalue weighted by atomic mass is 10.2. The van der Waals surface area contributed by atoms with Crippen molar-refractivity contribution < 1.29 is 14.6 Å². The number of carbonyl (C=O) groups excluding carboxylic acids is 1. The minimum Gasteiger partial charge on any atom is -0.332 e. The van der Waals surface area contributed by atoms with Gasteiger partial charge in [-0.3, -0.25) is 0 Å². The summed E-state index contributed by atoms with van der Waals surface area (Å²) in [6.45, 7) is 7.16. The Morgan fingerprint density at radius 1 is 0.923 bits per heavy atom. The molecule has 0 unspecified atom stereocenters. The molecule has 1 aliphatic rings. The summed E-state index contributed by atoms with van der Waals surface area (Å²) < 4.78 is 0. The molecule has 2 aromatic carbocycles. The maximum absolute atomic E-state index is 11.9. The first-order chi connectivity index (χ1) is 12.7. The topological polar surface area (TPSA) is 50.0 Å². The highest BCUT2D eigenvalue weighted by Crippen LogP contribution is 2.13. The summed E-state index contributed by atoms with van der Waals surface area (Å²) in [7, 11) is 0. The molecule has 1 heterocycles. The van der Waals surface area contributed by atoms with Crippen LogP contribution in [0.3, 0.4) is 0 Å². The first-order valence-electron chi connectivity index (χ1n) is 9.21. The number of amides is 2. The van der Waals surface area contributed by atoms with Gasteiger partial charge in [-0.25, -0.2) is 4.79 Å². The van der Waals surface area contributed by atoms with E-state index in [1.807, 2.05) is 48.5 Å². The molecule has 26 heavy (non-hydrogen) atoms. The second kappa shape index (κ2) is 9.57. The Morgan fingerprint density at radius 2 is 1.58 bits per heavy atom. The molecule has 0 aromatic heterocycles. The summed E-state index contributed by atoms with van der Waals surface area (Å²) in [4.78, 5) is 15.0. The van der Waals surface area contributed by atoms with E-state index < -0.39 is 0 Å². The van der Waals surface area contributed by atoms with Gasteiger partial charge >= 0.3 is 6.03 Å². The number of piperazine rings is 1. The van der Waals surface area contributed by atoms with Crippen LogP contribution >= 0.6 is 11.6 Å². The zero-order valence-corrected chi connectivity index (χ0v) is 15.7. The number of benzene rings is 2. The predicted molar refractivity (Wildman–Crippen MR) is 105 cm³/mol. The van der Waals surface area contributed by atoms with Crippen molar-refractivity contribution in [2.75, 3.05) is 44.6 Å². The van der Waals surface area contributed by atoms with E-state index in [1.165, 1.54) is 5.56 Å². The van der Waals surface area contributed by atoms with Gasteiger partial charge in [0.25, 0.3) is 0 Å². The van der Waals surface area contributed by atoms with Gasteiger partial charge in [-0.05, 0) is 18.2 Å². The van der Waals surface area contributed by atoms with Crippen molar-refractivity contribution in [2.45, 2.75) is 6.54 Å². The molecule has 1 saturated heterocycles. The van der Waals surface area contributed by atoms with Crippen LogP contribution in [0.15, 0.2) is 54.6 Å². The van der Waals surface area contributed by atoms with Crippen molar-refractivity contribution in [3.05, 3.63) is 65.2 Å². The highest BCUT2D eigenvalue weighted by atomic mass is 35.5. The van der Waals surface area contributed by atoms with Gasteiger partial charge in [0.1, 0.15) is 32.7 Å². The average molecular weight is 375 g/mol. The Kier molecular flexibility index (Phi) is 6.89. The molecule has 5 nitrogen and oxygen atoms in total. The van der Waals surface area contributed by atoms with Gasteiger partial charge in [0.15, 0.2) is 0 Å². The van der Waals surface area contributed by atoms with Gasteiger partial charge in [0, 0.05) is 16.3 Å². The van der Waals surface area contributed by atoms with E-state index in [-0.39, 0.29) is 6.03 Å². The lowest BCUT2D eigenvalue weighted by Crippen LogP contribution is -3.27. The van der Waals surface area contributed by atoms with E-state index in [4.69, 9.17) is 11.6 Å². The Bertz CT molecular complexity index is 702. The molecule has 6 heteroatoms. The Morgan fingerprint density at radius 3 is 2.31 bits per heavy atom. The van der Waals surface area contributed by atoms with E-state index in [9.17, 15) is 4.79 Å². The summed E-state index contributed by atoms with van der Waals surface area (Å²) in [6.07, 6.45) is 0. The largest absolute Gasteiger partial charge is 0.332 e. The maximum Gasteiger partial charge on any atom is 0.319 e. The number of carbonyl (C=O) groups is 1. The van der Waals surface area contributed by atoms with Gasteiger partial charge in [0.05, 0.1) is 13.1 Å². The van der Waals surface area contributed by atoms with E-state index in [0.717, 1.165) is 50.0 Å². The van der Waals surface area contributed by atoms with Crippen molar-refractivity contribution in [3.8, 4) is 0 Å². The number of para-hydroxylation sites is 1. The van der Waals surface area contributed by atoms with Gasteiger partial charge in [-0.15, -0.1) is 0 Å². The number of anilines is 1. The third kappa shape index (κ3) is 5.73. The second-order valence-corrected chi connectivity index (χ2v) is 7.17. The quantitative estimate of drug-likeness (QED) is 0.583. The fourth-order valence-corrected chi connectivity index (χ4v) is 3.55.